The van der Waals surface area contributed by atoms with Gasteiger partial charge in [-0.25, -0.2) is 0 Å². The van der Waals surface area contributed by atoms with Gasteiger partial charge in [-0.1, -0.05) is 12.1 Å². The number of phenols is 1. The molecule has 0 aliphatic heterocycles. The zero-order valence-corrected chi connectivity index (χ0v) is 13.1. The standard InChI is InChI=1S/C18H18OS/c1-9-5-6-13-14(11(9)3)8-15-16(20)7-10(2)12(4)17(15)18(13)19/h5-8,19-20H,1-4H3. The fraction of sp³-hybridized carbons (Fsp3) is 0.222. The Morgan fingerprint density at radius 1 is 0.800 bits per heavy atom. The molecule has 0 heterocycles. The lowest BCUT2D eigenvalue weighted by atomic mass is 9.93. The van der Waals surface area contributed by atoms with Gasteiger partial charge in [0.1, 0.15) is 5.75 Å². The average Bonchev–Trinajstić information content (AvgIpc) is 2.40. The summed E-state index contributed by atoms with van der Waals surface area (Å²) in [5.41, 5.74) is 4.72. The van der Waals surface area contributed by atoms with E-state index in [1.54, 1.807) is 0 Å². The normalized spacial score (nSPS) is 11.4. The molecule has 0 unspecified atom stereocenters. The second-order valence-corrected chi connectivity index (χ2v) is 6.07. The first-order valence-corrected chi connectivity index (χ1v) is 7.21. The SMILES string of the molecule is Cc1ccc2c(O)c3c(C)c(C)cc(S)c3cc2c1C. The fourth-order valence-electron chi connectivity index (χ4n) is 2.88. The molecule has 0 bridgehead atoms. The number of benzene rings is 3. The van der Waals surface area contributed by atoms with Crippen LogP contribution in [0.3, 0.4) is 0 Å². The number of aromatic hydroxyl groups is 1. The van der Waals surface area contributed by atoms with Crippen molar-refractivity contribution in [2.75, 3.05) is 0 Å². The van der Waals surface area contributed by atoms with E-state index < -0.39 is 0 Å². The third-order valence-corrected chi connectivity index (χ3v) is 4.80. The first kappa shape index (κ1) is 13.3. The largest absolute Gasteiger partial charge is 0.507 e. The quantitative estimate of drug-likeness (QED) is 0.428. The molecule has 3 aromatic rings. The van der Waals surface area contributed by atoms with E-state index in [0.29, 0.717) is 5.75 Å². The van der Waals surface area contributed by atoms with Crippen LogP contribution in [0.5, 0.6) is 5.75 Å². The Bertz CT molecular complexity index is 863. The van der Waals surface area contributed by atoms with Gasteiger partial charge >= 0.3 is 0 Å². The Morgan fingerprint density at radius 2 is 1.50 bits per heavy atom. The highest BCUT2D eigenvalue weighted by molar-refractivity contribution is 7.80. The molecule has 1 nitrogen and oxygen atoms in total. The Kier molecular flexibility index (Phi) is 2.94. The second-order valence-electron chi connectivity index (χ2n) is 5.59. The monoisotopic (exact) mass is 282 g/mol. The zero-order valence-electron chi connectivity index (χ0n) is 12.2. The van der Waals surface area contributed by atoms with Crippen LogP contribution in [0.25, 0.3) is 21.5 Å². The van der Waals surface area contributed by atoms with E-state index in [2.05, 4.69) is 58.5 Å². The van der Waals surface area contributed by atoms with Crippen molar-refractivity contribution in [3.05, 3.63) is 46.5 Å². The minimum Gasteiger partial charge on any atom is -0.507 e. The Balaban J connectivity index is 2.64. The maximum absolute atomic E-state index is 10.7. The molecule has 2 heteroatoms. The van der Waals surface area contributed by atoms with Gasteiger partial charge in [-0.3, -0.25) is 0 Å². The van der Waals surface area contributed by atoms with E-state index in [9.17, 15) is 5.11 Å². The molecule has 0 aliphatic carbocycles. The van der Waals surface area contributed by atoms with Crippen LogP contribution in [-0.2, 0) is 0 Å². The maximum Gasteiger partial charge on any atom is 0.131 e. The summed E-state index contributed by atoms with van der Waals surface area (Å²) in [7, 11) is 0. The van der Waals surface area contributed by atoms with Crippen LogP contribution < -0.4 is 0 Å². The van der Waals surface area contributed by atoms with Crippen molar-refractivity contribution in [3.63, 3.8) is 0 Å². The molecule has 0 fully saturated rings. The van der Waals surface area contributed by atoms with Crippen molar-refractivity contribution >= 4 is 34.2 Å². The third-order valence-electron chi connectivity index (χ3n) is 4.43. The number of fused-ring (bicyclic) bond motifs is 2. The molecule has 3 rings (SSSR count). The van der Waals surface area contributed by atoms with Gasteiger partial charge in [0, 0.05) is 15.7 Å². The summed E-state index contributed by atoms with van der Waals surface area (Å²) in [6.07, 6.45) is 0. The van der Waals surface area contributed by atoms with Gasteiger partial charge in [-0.05, 0) is 72.9 Å². The molecule has 3 aromatic carbocycles. The van der Waals surface area contributed by atoms with Crippen molar-refractivity contribution < 1.29 is 5.11 Å². The predicted molar refractivity (Wildman–Crippen MR) is 89.3 cm³/mol. The van der Waals surface area contributed by atoms with Crippen LogP contribution in [0.2, 0.25) is 0 Å². The molecule has 0 radical (unpaired) electrons. The maximum atomic E-state index is 10.7. The zero-order chi connectivity index (χ0) is 14.6. The number of aryl methyl sites for hydroxylation is 4. The molecule has 0 atom stereocenters. The van der Waals surface area contributed by atoms with Crippen molar-refractivity contribution in [3.8, 4) is 5.75 Å². The lowest BCUT2D eigenvalue weighted by molar-refractivity contribution is 0.487. The molecule has 20 heavy (non-hydrogen) atoms. The van der Waals surface area contributed by atoms with Crippen LogP contribution in [0.4, 0.5) is 0 Å². The van der Waals surface area contributed by atoms with Crippen molar-refractivity contribution in [1.29, 1.82) is 0 Å². The van der Waals surface area contributed by atoms with Gasteiger partial charge in [-0.15, -0.1) is 12.6 Å². The van der Waals surface area contributed by atoms with Crippen molar-refractivity contribution in [2.24, 2.45) is 0 Å². The van der Waals surface area contributed by atoms with E-state index in [4.69, 9.17) is 0 Å². The molecule has 0 amide bonds. The Morgan fingerprint density at radius 3 is 2.20 bits per heavy atom. The summed E-state index contributed by atoms with van der Waals surface area (Å²) in [6, 6.07) is 8.29. The topological polar surface area (TPSA) is 20.2 Å². The highest BCUT2D eigenvalue weighted by Crippen LogP contribution is 2.40. The minimum absolute atomic E-state index is 0.372. The number of rotatable bonds is 0. The first-order chi connectivity index (χ1) is 9.41. The summed E-state index contributed by atoms with van der Waals surface area (Å²) >= 11 is 4.59. The lowest BCUT2D eigenvalue weighted by Crippen LogP contribution is -1.90. The van der Waals surface area contributed by atoms with Crippen molar-refractivity contribution in [2.45, 2.75) is 32.6 Å². The molecule has 0 aromatic heterocycles. The predicted octanol–water partition coefficient (Wildman–Crippen LogP) is 5.22. The van der Waals surface area contributed by atoms with Gasteiger partial charge in [0.05, 0.1) is 0 Å². The van der Waals surface area contributed by atoms with Gasteiger partial charge in [-0.2, -0.15) is 0 Å². The molecule has 0 aliphatic rings. The lowest BCUT2D eigenvalue weighted by Gasteiger charge is -2.15. The smallest absolute Gasteiger partial charge is 0.131 e. The van der Waals surface area contributed by atoms with Crippen LogP contribution >= 0.6 is 12.6 Å². The van der Waals surface area contributed by atoms with Gasteiger partial charge in [0.15, 0.2) is 0 Å². The van der Waals surface area contributed by atoms with E-state index >= 15 is 0 Å². The average molecular weight is 282 g/mol. The first-order valence-electron chi connectivity index (χ1n) is 6.76. The second kappa shape index (κ2) is 4.42. The number of thiol groups is 1. The number of phenolic OH excluding ortho intramolecular Hbond substituents is 1. The Labute approximate surface area is 124 Å². The van der Waals surface area contributed by atoms with E-state index in [0.717, 1.165) is 37.6 Å². The van der Waals surface area contributed by atoms with Crippen LogP contribution in [-0.4, -0.2) is 5.11 Å². The van der Waals surface area contributed by atoms with E-state index in [1.807, 2.05) is 6.07 Å². The van der Waals surface area contributed by atoms with Crippen LogP contribution in [0.15, 0.2) is 29.2 Å². The molecule has 0 spiro atoms. The van der Waals surface area contributed by atoms with Crippen molar-refractivity contribution in [1.82, 2.24) is 0 Å². The summed E-state index contributed by atoms with van der Waals surface area (Å²) in [6.45, 7) is 8.30. The van der Waals surface area contributed by atoms with Gasteiger partial charge in [0.2, 0.25) is 0 Å². The molecule has 1 N–H and O–H groups in total. The van der Waals surface area contributed by atoms with Gasteiger partial charge in [0.25, 0.3) is 0 Å². The summed E-state index contributed by atoms with van der Waals surface area (Å²) in [5.74, 6) is 0.372. The molecule has 102 valence electrons. The van der Waals surface area contributed by atoms with E-state index in [-0.39, 0.29) is 0 Å². The number of hydrogen-bond acceptors (Lipinski definition) is 2. The Hall–Kier alpha value is -1.67. The van der Waals surface area contributed by atoms with Crippen LogP contribution in [0, 0.1) is 27.7 Å². The molecular weight excluding hydrogens is 264 g/mol. The molecule has 0 saturated carbocycles. The molecular formula is C18H18OS. The van der Waals surface area contributed by atoms with Crippen LogP contribution in [0.1, 0.15) is 22.3 Å². The van der Waals surface area contributed by atoms with Gasteiger partial charge < -0.3 is 5.11 Å². The fourth-order valence-corrected chi connectivity index (χ4v) is 3.25. The van der Waals surface area contributed by atoms with E-state index in [1.165, 1.54) is 11.1 Å². The highest BCUT2D eigenvalue weighted by Gasteiger charge is 2.14. The number of hydrogen-bond donors (Lipinski definition) is 2. The highest BCUT2D eigenvalue weighted by atomic mass is 32.1. The summed E-state index contributed by atoms with van der Waals surface area (Å²) in [5, 5.41) is 14.7. The summed E-state index contributed by atoms with van der Waals surface area (Å²) < 4.78 is 0. The third kappa shape index (κ3) is 1.71. The summed E-state index contributed by atoms with van der Waals surface area (Å²) in [4.78, 5) is 0.918. The molecule has 0 saturated heterocycles. The minimum atomic E-state index is 0.372.